The highest BCUT2D eigenvalue weighted by atomic mass is 28.4. The van der Waals surface area contributed by atoms with Crippen molar-refractivity contribution >= 4 is 8.32 Å². The summed E-state index contributed by atoms with van der Waals surface area (Å²) < 4.78 is 20.3. The summed E-state index contributed by atoms with van der Waals surface area (Å²) in [5.41, 5.74) is 0.194. The maximum atomic E-state index is 11.9. The normalized spacial score (nSPS) is 55.6. The van der Waals surface area contributed by atoms with Gasteiger partial charge in [0.15, 0.2) is 14.1 Å². The standard InChI is InChI=1S/C33H58O5Si/c1-19-10-15-33(36-18-19)20(2)27-25(37-33)17-23-26-22(12-14-32(23,27)7)31(6)13-11-21(16-24(31)28(34)29(26)35)38-39(8,9)30(3,4)5/h19-29,34-35H,10-18H2,1-9H3/t19-,20+,21+,22+,23+,24-,25+,26-,27+,28-,29-,31-,32+,33-/m1/s1. The Bertz CT molecular complexity index is 939. The van der Waals surface area contributed by atoms with Gasteiger partial charge < -0.3 is 24.1 Å². The van der Waals surface area contributed by atoms with E-state index < -0.39 is 26.3 Å². The van der Waals surface area contributed by atoms with E-state index in [1.165, 1.54) is 12.8 Å². The largest absolute Gasteiger partial charge is 0.414 e. The molecule has 39 heavy (non-hydrogen) atoms. The number of aliphatic hydroxyl groups excluding tert-OH is 2. The summed E-state index contributed by atoms with van der Waals surface area (Å²) in [6.07, 6.45) is 7.71. The predicted molar refractivity (Wildman–Crippen MR) is 157 cm³/mol. The van der Waals surface area contributed by atoms with Crippen LogP contribution in [0.1, 0.15) is 99.8 Å². The molecule has 0 aromatic carbocycles. The Morgan fingerprint density at radius 2 is 1.54 bits per heavy atom. The van der Waals surface area contributed by atoms with Crippen molar-refractivity contribution in [2.45, 2.75) is 148 Å². The lowest BCUT2D eigenvalue weighted by molar-refractivity contribution is -0.275. The zero-order chi connectivity index (χ0) is 28.3. The quantitative estimate of drug-likeness (QED) is 0.364. The molecule has 5 nitrogen and oxygen atoms in total. The van der Waals surface area contributed by atoms with Gasteiger partial charge in [-0.25, -0.2) is 0 Å². The van der Waals surface area contributed by atoms with Crippen molar-refractivity contribution in [3.05, 3.63) is 0 Å². The third-order valence-corrected chi connectivity index (χ3v) is 18.8. The number of hydrogen-bond donors (Lipinski definition) is 2. The fraction of sp³-hybridized carbons (Fsp3) is 1.00. The first kappa shape index (κ1) is 29.1. The summed E-state index contributed by atoms with van der Waals surface area (Å²) in [6.45, 7) is 22.0. The lowest BCUT2D eigenvalue weighted by atomic mass is 9.43. The average Bonchev–Trinajstić information content (AvgIpc) is 3.29. The molecule has 2 saturated heterocycles. The molecule has 4 aliphatic carbocycles. The predicted octanol–water partition coefficient (Wildman–Crippen LogP) is 6.76. The van der Waals surface area contributed by atoms with Crippen molar-refractivity contribution < 1.29 is 24.1 Å². The zero-order valence-electron chi connectivity index (χ0n) is 26.3. The minimum atomic E-state index is -1.88. The van der Waals surface area contributed by atoms with Crippen molar-refractivity contribution in [2.75, 3.05) is 6.61 Å². The van der Waals surface area contributed by atoms with Crippen LogP contribution in [-0.2, 0) is 13.9 Å². The molecule has 2 aliphatic heterocycles. The van der Waals surface area contributed by atoms with Gasteiger partial charge in [0.25, 0.3) is 0 Å². The van der Waals surface area contributed by atoms with Gasteiger partial charge >= 0.3 is 0 Å². The maximum absolute atomic E-state index is 11.9. The minimum Gasteiger partial charge on any atom is -0.414 e. The van der Waals surface area contributed by atoms with Gasteiger partial charge in [-0.2, -0.15) is 0 Å². The molecule has 6 heteroatoms. The first-order valence-electron chi connectivity index (χ1n) is 16.4. The maximum Gasteiger partial charge on any atom is 0.192 e. The molecule has 6 aliphatic rings. The lowest BCUT2D eigenvalue weighted by Crippen LogP contribution is -2.64. The summed E-state index contributed by atoms with van der Waals surface area (Å²) in [7, 11) is -1.88. The van der Waals surface area contributed by atoms with Gasteiger partial charge in [0.1, 0.15) is 0 Å². The molecule has 0 aromatic heterocycles. The Morgan fingerprint density at radius 3 is 2.18 bits per heavy atom. The molecule has 0 amide bonds. The second-order valence-corrected chi connectivity index (χ2v) is 21.9. The van der Waals surface area contributed by atoms with Gasteiger partial charge in [-0.05, 0) is 109 Å². The number of hydrogen-bond acceptors (Lipinski definition) is 5. The van der Waals surface area contributed by atoms with Crippen molar-refractivity contribution in [3.8, 4) is 0 Å². The molecule has 4 saturated carbocycles. The van der Waals surface area contributed by atoms with Crippen LogP contribution in [0, 0.1) is 52.3 Å². The fourth-order valence-electron chi connectivity index (χ4n) is 10.9. The van der Waals surface area contributed by atoms with E-state index in [0.29, 0.717) is 29.6 Å². The molecule has 224 valence electrons. The van der Waals surface area contributed by atoms with Gasteiger partial charge in [-0.3, -0.25) is 0 Å². The first-order valence-corrected chi connectivity index (χ1v) is 19.3. The summed E-state index contributed by atoms with van der Waals surface area (Å²) in [5.74, 6) is 2.18. The Morgan fingerprint density at radius 1 is 0.846 bits per heavy atom. The van der Waals surface area contributed by atoms with Crippen LogP contribution in [0.4, 0.5) is 0 Å². The molecule has 0 unspecified atom stereocenters. The first-order chi connectivity index (χ1) is 18.0. The Labute approximate surface area is 239 Å². The van der Waals surface area contributed by atoms with E-state index in [-0.39, 0.29) is 39.9 Å². The summed E-state index contributed by atoms with van der Waals surface area (Å²) in [5, 5.41) is 23.9. The van der Waals surface area contributed by atoms with E-state index in [2.05, 4.69) is 61.6 Å². The summed E-state index contributed by atoms with van der Waals surface area (Å²) >= 11 is 0. The smallest absolute Gasteiger partial charge is 0.192 e. The van der Waals surface area contributed by atoms with Crippen molar-refractivity contribution in [1.82, 2.24) is 0 Å². The molecule has 6 rings (SSSR count). The molecule has 0 bridgehead atoms. The fourth-order valence-corrected chi connectivity index (χ4v) is 12.3. The van der Waals surface area contributed by atoms with E-state index in [1.807, 2.05) is 0 Å². The monoisotopic (exact) mass is 562 g/mol. The average molecular weight is 563 g/mol. The highest BCUT2D eigenvalue weighted by Gasteiger charge is 2.71. The lowest BCUT2D eigenvalue weighted by Gasteiger charge is -2.64. The van der Waals surface area contributed by atoms with Crippen LogP contribution in [0.2, 0.25) is 18.1 Å². The number of aliphatic hydroxyl groups is 2. The third-order valence-electron chi connectivity index (χ3n) is 14.2. The number of rotatable bonds is 2. The van der Waals surface area contributed by atoms with E-state index >= 15 is 0 Å². The summed E-state index contributed by atoms with van der Waals surface area (Å²) in [4.78, 5) is 0. The molecular weight excluding hydrogens is 504 g/mol. The highest BCUT2D eigenvalue weighted by molar-refractivity contribution is 6.74. The van der Waals surface area contributed by atoms with E-state index in [0.717, 1.165) is 45.1 Å². The minimum absolute atomic E-state index is 0.0615. The van der Waals surface area contributed by atoms with Gasteiger partial charge in [0.2, 0.25) is 0 Å². The van der Waals surface area contributed by atoms with Crippen LogP contribution >= 0.6 is 0 Å². The molecule has 1 spiro atoms. The second kappa shape index (κ2) is 9.26. The van der Waals surface area contributed by atoms with Crippen molar-refractivity contribution in [3.63, 3.8) is 0 Å². The number of fused-ring (bicyclic) bond motifs is 7. The zero-order valence-corrected chi connectivity index (χ0v) is 27.3. The molecule has 0 aromatic rings. The van der Waals surface area contributed by atoms with Gasteiger partial charge in [-0.1, -0.05) is 48.5 Å². The molecule has 6 fully saturated rings. The molecule has 2 heterocycles. The molecule has 2 N–H and O–H groups in total. The van der Waals surface area contributed by atoms with Crippen molar-refractivity contribution in [1.29, 1.82) is 0 Å². The molecule has 14 atom stereocenters. The Kier molecular flexibility index (Phi) is 6.91. The van der Waals surface area contributed by atoms with E-state index in [1.54, 1.807) is 0 Å². The number of ether oxygens (including phenoxy) is 2. The highest BCUT2D eigenvalue weighted by Crippen LogP contribution is 2.71. The van der Waals surface area contributed by atoms with Crippen LogP contribution in [-0.4, -0.2) is 55.3 Å². The Balaban J connectivity index is 1.23. The van der Waals surface area contributed by atoms with Crippen LogP contribution in [0.15, 0.2) is 0 Å². The summed E-state index contributed by atoms with van der Waals surface area (Å²) in [6, 6.07) is 0. The van der Waals surface area contributed by atoms with E-state index in [4.69, 9.17) is 13.9 Å². The van der Waals surface area contributed by atoms with Crippen LogP contribution in [0.3, 0.4) is 0 Å². The Hall–Kier alpha value is 0.0169. The second-order valence-electron chi connectivity index (χ2n) is 17.2. The topological polar surface area (TPSA) is 68.2 Å². The van der Waals surface area contributed by atoms with Gasteiger partial charge in [0, 0.05) is 18.4 Å². The van der Waals surface area contributed by atoms with Crippen LogP contribution < -0.4 is 0 Å². The van der Waals surface area contributed by atoms with Gasteiger partial charge in [-0.15, -0.1) is 0 Å². The molecule has 0 radical (unpaired) electrons. The SMILES string of the molecule is C[C@@H]1CC[C@@]2(OC1)O[C@H]1C[C@H]3[C@@H]4[C@@H](O)[C@H](O)[C@H]5C[C@@H](O[Si](C)(C)C(C)(C)C)CC[C@]5(C)[C@H]4CC[C@]3(C)[C@H]1[C@@H]2C. The van der Waals surface area contributed by atoms with Crippen LogP contribution in [0.5, 0.6) is 0 Å². The van der Waals surface area contributed by atoms with Crippen molar-refractivity contribution in [2.24, 2.45) is 52.3 Å². The molecular formula is C33H58O5Si. The van der Waals surface area contributed by atoms with Gasteiger partial charge in [0.05, 0.1) is 24.9 Å². The van der Waals surface area contributed by atoms with Crippen LogP contribution in [0.25, 0.3) is 0 Å². The van der Waals surface area contributed by atoms with E-state index in [9.17, 15) is 10.2 Å². The third kappa shape index (κ3) is 4.15.